The van der Waals surface area contributed by atoms with Crippen molar-refractivity contribution in [2.75, 3.05) is 26.2 Å². The van der Waals surface area contributed by atoms with Crippen LogP contribution in [0.25, 0.3) is 0 Å². The van der Waals surface area contributed by atoms with Crippen LogP contribution in [-0.4, -0.2) is 54.6 Å². The Balaban J connectivity index is 1.26. The molecule has 5 aliphatic rings. The molecule has 162 valence electrons. The molecule has 0 unspecified atom stereocenters. The van der Waals surface area contributed by atoms with Gasteiger partial charge in [-0.25, -0.2) is 8.42 Å². The van der Waals surface area contributed by atoms with Crippen molar-refractivity contribution in [3.8, 4) is 0 Å². The first-order valence-corrected chi connectivity index (χ1v) is 12.3. The lowest BCUT2D eigenvalue weighted by atomic mass is 9.51. The highest BCUT2D eigenvalue weighted by Crippen LogP contribution is 2.56. The number of carbonyl (C=O) groups is 1. The van der Waals surface area contributed by atoms with Crippen molar-refractivity contribution in [1.82, 2.24) is 9.21 Å². The molecule has 0 aromatic heterocycles. The van der Waals surface area contributed by atoms with E-state index in [1.807, 2.05) is 4.90 Å². The minimum absolute atomic E-state index is 0.0717. The molecule has 0 N–H and O–H groups in total. The monoisotopic (exact) mass is 433 g/mol. The Morgan fingerprint density at radius 1 is 0.967 bits per heavy atom. The molecule has 1 aliphatic heterocycles. The summed E-state index contributed by atoms with van der Waals surface area (Å²) < 4.78 is 27.2. The summed E-state index contributed by atoms with van der Waals surface area (Å²) in [6.07, 6.45) is 6.09. The second-order valence-electron chi connectivity index (χ2n) is 9.44. The minimum Gasteiger partial charge on any atom is -0.340 e. The average Bonchev–Trinajstić information content (AvgIpc) is 2.73. The number of nitro groups is 1. The molecule has 0 radical (unpaired) electrons. The van der Waals surface area contributed by atoms with Crippen LogP contribution in [0.3, 0.4) is 0 Å². The third-order valence-corrected chi connectivity index (χ3v) is 9.62. The average molecular weight is 434 g/mol. The number of non-ortho nitro benzene ring substituents is 1. The number of nitrogens with zero attached hydrogens (tertiary/aromatic N) is 3. The van der Waals surface area contributed by atoms with Crippen molar-refractivity contribution in [3.05, 3.63) is 34.4 Å². The Morgan fingerprint density at radius 3 is 2.13 bits per heavy atom. The number of rotatable bonds is 4. The van der Waals surface area contributed by atoms with E-state index in [2.05, 4.69) is 0 Å². The summed E-state index contributed by atoms with van der Waals surface area (Å²) in [5.41, 5.74) is -0.244. The van der Waals surface area contributed by atoms with Gasteiger partial charge in [-0.2, -0.15) is 4.31 Å². The highest BCUT2D eigenvalue weighted by atomic mass is 32.2. The molecule has 0 atom stereocenters. The molecule has 6 rings (SSSR count). The number of amides is 1. The lowest BCUT2D eigenvalue weighted by Crippen LogP contribution is -2.56. The van der Waals surface area contributed by atoms with Gasteiger partial charge in [0.15, 0.2) is 0 Å². The van der Waals surface area contributed by atoms with Crippen LogP contribution in [-0.2, 0) is 14.8 Å². The normalized spacial score (nSPS) is 33.6. The first-order valence-electron chi connectivity index (χ1n) is 10.9. The molecular weight excluding hydrogens is 406 g/mol. The van der Waals surface area contributed by atoms with Crippen LogP contribution >= 0.6 is 0 Å². The number of sulfonamides is 1. The zero-order valence-corrected chi connectivity index (χ0v) is 17.7. The molecule has 4 saturated carbocycles. The molecule has 4 bridgehead atoms. The van der Waals surface area contributed by atoms with E-state index in [-0.39, 0.29) is 35.5 Å². The summed E-state index contributed by atoms with van der Waals surface area (Å²) in [6.45, 7) is 1.22. The lowest BCUT2D eigenvalue weighted by Gasteiger charge is -2.54. The van der Waals surface area contributed by atoms with E-state index in [0.29, 0.717) is 24.9 Å². The summed E-state index contributed by atoms with van der Waals surface area (Å²) >= 11 is 0. The number of hydrogen-bond acceptors (Lipinski definition) is 5. The summed E-state index contributed by atoms with van der Waals surface area (Å²) in [5.74, 6) is 3.00. The smallest absolute Gasteiger partial charge is 0.270 e. The Hall–Kier alpha value is -2.00. The van der Waals surface area contributed by atoms with Crippen LogP contribution in [0, 0.1) is 39.7 Å². The van der Waals surface area contributed by atoms with E-state index in [9.17, 15) is 23.3 Å². The summed E-state index contributed by atoms with van der Waals surface area (Å²) in [5, 5.41) is 11.0. The van der Waals surface area contributed by atoms with E-state index in [1.54, 1.807) is 0 Å². The fourth-order valence-electron chi connectivity index (χ4n) is 6.59. The van der Waals surface area contributed by atoms with Gasteiger partial charge in [0.05, 0.1) is 9.82 Å². The Labute approximate surface area is 176 Å². The molecule has 8 nitrogen and oxygen atoms in total. The molecule has 5 fully saturated rings. The van der Waals surface area contributed by atoms with E-state index in [0.717, 1.165) is 17.9 Å². The number of nitro benzene ring substituents is 1. The van der Waals surface area contributed by atoms with Crippen LogP contribution in [0.1, 0.15) is 32.1 Å². The quantitative estimate of drug-likeness (QED) is 0.536. The van der Waals surface area contributed by atoms with Gasteiger partial charge in [0.1, 0.15) is 0 Å². The van der Waals surface area contributed by atoms with Gasteiger partial charge >= 0.3 is 0 Å². The standard InChI is InChI=1S/C21H27N3O5S/c25-21(20-16-9-14-8-15(11-16)12-17(20)10-14)22-4-6-23(7-5-22)30(28,29)19-3-1-2-18(13-19)24(26)27/h1-3,13-17,20H,4-12H2. The summed E-state index contributed by atoms with van der Waals surface area (Å²) in [4.78, 5) is 25.5. The number of benzene rings is 1. The van der Waals surface area contributed by atoms with Crippen molar-refractivity contribution in [2.24, 2.45) is 29.6 Å². The van der Waals surface area contributed by atoms with Gasteiger partial charge < -0.3 is 4.90 Å². The lowest BCUT2D eigenvalue weighted by molar-refractivity contribution is -0.385. The third-order valence-electron chi connectivity index (χ3n) is 7.73. The molecule has 1 aromatic rings. The van der Waals surface area contributed by atoms with Gasteiger partial charge in [0.2, 0.25) is 15.9 Å². The molecular formula is C21H27N3O5S. The molecule has 1 heterocycles. The van der Waals surface area contributed by atoms with Crippen molar-refractivity contribution < 1.29 is 18.1 Å². The van der Waals surface area contributed by atoms with Crippen molar-refractivity contribution in [1.29, 1.82) is 0 Å². The predicted octanol–water partition coefficient (Wildman–Crippen LogP) is 2.50. The Bertz CT molecular complexity index is 943. The van der Waals surface area contributed by atoms with E-state index in [4.69, 9.17) is 0 Å². The Kier molecular flexibility index (Phi) is 4.85. The van der Waals surface area contributed by atoms with E-state index >= 15 is 0 Å². The molecule has 1 aromatic carbocycles. The van der Waals surface area contributed by atoms with Gasteiger partial charge in [-0.3, -0.25) is 14.9 Å². The van der Waals surface area contributed by atoms with E-state index in [1.165, 1.54) is 54.6 Å². The molecule has 1 amide bonds. The van der Waals surface area contributed by atoms with Crippen LogP contribution in [0.5, 0.6) is 0 Å². The molecule has 9 heteroatoms. The Morgan fingerprint density at radius 2 is 1.57 bits per heavy atom. The van der Waals surface area contributed by atoms with Gasteiger partial charge in [-0.1, -0.05) is 6.07 Å². The van der Waals surface area contributed by atoms with Crippen molar-refractivity contribution in [2.45, 2.75) is 37.0 Å². The summed E-state index contributed by atoms with van der Waals surface area (Å²) in [6, 6.07) is 5.15. The van der Waals surface area contributed by atoms with Gasteiger partial charge in [0, 0.05) is 44.2 Å². The largest absolute Gasteiger partial charge is 0.340 e. The molecule has 4 aliphatic carbocycles. The topological polar surface area (TPSA) is 101 Å². The van der Waals surface area contributed by atoms with Crippen molar-refractivity contribution >= 4 is 21.6 Å². The van der Waals surface area contributed by atoms with Crippen LogP contribution in [0.4, 0.5) is 5.69 Å². The number of hydrogen-bond donors (Lipinski definition) is 0. The predicted molar refractivity (Wildman–Crippen MR) is 109 cm³/mol. The third kappa shape index (κ3) is 3.32. The first-order chi connectivity index (χ1) is 14.3. The maximum Gasteiger partial charge on any atom is 0.270 e. The zero-order chi connectivity index (χ0) is 21.0. The fourth-order valence-corrected chi connectivity index (χ4v) is 8.06. The minimum atomic E-state index is -3.82. The SMILES string of the molecule is O=C(C1C2CC3CC(C2)CC1C3)N1CCN(S(=O)(=O)c2cccc([N+](=O)[O-])c2)CC1. The second kappa shape index (κ2) is 7.30. The highest BCUT2D eigenvalue weighted by Gasteiger charge is 2.51. The molecule has 1 saturated heterocycles. The number of piperazine rings is 1. The highest BCUT2D eigenvalue weighted by molar-refractivity contribution is 7.89. The van der Waals surface area contributed by atoms with Gasteiger partial charge in [-0.15, -0.1) is 0 Å². The fraction of sp³-hybridized carbons (Fsp3) is 0.667. The van der Waals surface area contributed by atoms with Crippen LogP contribution in [0.15, 0.2) is 29.2 Å². The van der Waals surface area contributed by atoms with Gasteiger partial charge in [-0.05, 0) is 61.8 Å². The van der Waals surface area contributed by atoms with Crippen LogP contribution in [0.2, 0.25) is 0 Å². The van der Waals surface area contributed by atoms with Crippen molar-refractivity contribution in [3.63, 3.8) is 0 Å². The maximum absolute atomic E-state index is 13.3. The molecule has 30 heavy (non-hydrogen) atoms. The van der Waals surface area contributed by atoms with Gasteiger partial charge in [0.25, 0.3) is 5.69 Å². The van der Waals surface area contributed by atoms with Crippen LogP contribution < -0.4 is 0 Å². The summed E-state index contributed by atoms with van der Waals surface area (Å²) in [7, 11) is -3.82. The molecule has 0 spiro atoms. The number of carbonyl (C=O) groups excluding carboxylic acids is 1. The maximum atomic E-state index is 13.3. The van der Waals surface area contributed by atoms with E-state index < -0.39 is 14.9 Å². The first kappa shape index (κ1) is 19.9. The zero-order valence-electron chi connectivity index (χ0n) is 16.9. The second-order valence-corrected chi connectivity index (χ2v) is 11.4.